The van der Waals surface area contributed by atoms with Crippen LogP contribution in [0.1, 0.15) is 18.2 Å². The van der Waals surface area contributed by atoms with Crippen LogP contribution in [0.15, 0.2) is 59.8 Å². The number of aromatic nitrogens is 4. The molecule has 0 aliphatic carbocycles. The van der Waals surface area contributed by atoms with Crippen LogP contribution in [0.3, 0.4) is 0 Å². The van der Waals surface area contributed by atoms with Gasteiger partial charge >= 0.3 is 0 Å². The summed E-state index contributed by atoms with van der Waals surface area (Å²) < 4.78 is 2.04. The zero-order chi connectivity index (χ0) is 21.1. The molecule has 2 aromatic heterocycles. The highest BCUT2D eigenvalue weighted by molar-refractivity contribution is 7.99. The predicted molar refractivity (Wildman–Crippen MR) is 122 cm³/mol. The molecule has 4 aromatic rings. The van der Waals surface area contributed by atoms with Crippen molar-refractivity contribution in [1.29, 1.82) is 0 Å². The van der Waals surface area contributed by atoms with Crippen LogP contribution in [0.5, 0.6) is 0 Å². The van der Waals surface area contributed by atoms with Crippen molar-refractivity contribution in [1.82, 2.24) is 19.7 Å². The van der Waals surface area contributed by atoms with Gasteiger partial charge in [-0.15, -0.1) is 10.2 Å². The van der Waals surface area contributed by atoms with Crippen molar-refractivity contribution in [2.24, 2.45) is 0 Å². The Balaban J connectivity index is 1.50. The van der Waals surface area contributed by atoms with E-state index >= 15 is 0 Å². The molecule has 0 radical (unpaired) electrons. The predicted octanol–water partition coefficient (Wildman–Crippen LogP) is 4.86. The average Bonchev–Trinajstić information content (AvgIpc) is 3.15. The summed E-state index contributed by atoms with van der Waals surface area (Å²) in [6.07, 6.45) is 0. The van der Waals surface area contributed by atoms with Crippen molar-refractivity contribution >= 4 is 34.3 Å². The number of nitrogens with one attached hydrogen (secondary N) is 1. The van der Waals surface area contributed by atoms with Gasteiger partial charge in [0.1, 0.15) is 0 Å². The van der Waals surface area contributed by atoms with Gasteiger partial charge in [-0.1, -0.05) is 54.2 Å². The largest absolute Gasteiger partial charge is 0.323 e. The zero-order valence-corrected chi connectivity index (χ0v) is 18.0. The molecule has 0 fully saturated rings. The van der Waals surface area contributed by atoms with E-state index in [2.05, 4.69) is 40.4 Å². The fourth-order valence-corrected chi connectivity index (χ4v) is 4.17. The lowest BCUT2D eigenvalue weighted by molar-refractivity contribution is -0.113. The first-order valence-electron chi connectivity index (χ1n) is 9.85. The normalized spacial score (nSPS) is 11.0. The molecule has 0 aliphatic heterocycles. The Labute approximate surface area is 179 Å². The van der Waals surface area contributed by atoms with Gasteiger partial charge in [0.05, 0.1) is 17.0 Å². The van der Waals surface area contributed by atoms with E-state index in [0.717, 1.165) is 50.9 Å². The first-order chi connectivity index (χ1) is 14.6. The van der Waals surface area contributed by atoms with E-state index in [4.69, 9.17) is 0 Å². The third-order valence-corrected chi connectivity index (χ3v) is 5.85. The van der Waals surface area contributed by atoms with Gasteiger partial charge < -0.3 is 9.88 Å². The molecule has 7 heteroatoms. The second-order valence-corrected chi connectivity index (χ2v) is 7.97. The highest BCUT2D eigenvalue weighted by Gasteiger charge is 2.16. The zero-order valence-electron chi connectivity index (χ0n) is 17.2. The number of thioether (sulfide) groups is 1. The van der Waals surface area contributed by atoms with E-state index in [0.29, 0.717) is 0 Å². The molecule has 0 aliphatic rings. The lowest BCUT2D eigenvalue weighted by Crippen LogP contribution is -2.15. The SMILES string of the molecule is CCn1c(SCC(=O)Nc2cccc3ccc(C)nc23)nnc1-c1ccccc1C. The molecular formula is C23H23N5OS. The molecule has 0 spiro atoms. The van der Waals surface area contributed by atoms with Crippen LogP contribution in [0, 0.1) is 13.8 Å². The Morgan fingerprint density at radius 1 is 1.03 bits per heavy atom. The van der Waals surface area contributed by atoms with Gasteiger partial charge in [0.15, 0.2) is 11.0 Å². The highest BCUT2D eigenvalue weighted by atomic mass is 32.2. The smallest absolute Gasteiger partial charge is 0.234 e. The molecule has 0 saturated heterocycles. The summed E-state index contributed by atoms with van der Waals surface area (Å²) in [5.41, 5.74) is 4.64. The number of amides is 1. The van der Waals surface area contributed by atoms with Crippen molar-refractivity contribution in [3.8, 4) is 11.4 Å². The minimum Gasteiger partial charge on any atom is -0.323 e. The lowest BCUT2D eigenvalue weighted by atomic mass is 10.1. The quantitative estimate of drug-likeness (QED) is 0.454. The summed E-state index contributed by atoms with van der Waals surface area (Å²) in [6, 6.07) is 17.9. The summed E-state index contributed by atoms with van der Waals surface area (Å²) in [5.74, 6) is 0.972. The maximum absolute atomic E-state index is 12.6. The number of rotatable bonds is 6. The second-order valence-electron chi connectivity index (χ2n) is 7.03. The van der Waals surface area contributed by atoms with Gasteiger partial charge in [0.2, 0.25) is 5.91 Å². The van der Waals surface area contributed by atoms with Crippen LogP contribution in [0.2, 0.25) is 0 Å². The minimum atomic E-state index is -0.0982. The summed E-state index contributed by atoms with van der Waals surface area (Å²) >= 11 is 1.39. The van der Waals surface area contributed by atoms with Crippen molar-refractivity contribution < 1.29 is 4.79 Å². The molecule has 4 rings (SSSR count). The fraction of sp³-hybridized carbons (Fsp3) is 0.217. The van der Waals surface area contributed by atoms with Crippen LogP contribution in [0.4, 0.5) is 5.69 Å². The lowest BCUT2D eigenvalue weighted by Gasteiger charge is -2.10. The Kier molecular flexibility index (Phi) is 5.81. The van der Waals surface area contributed by atoms with Crippen LogP contribution < -0.4 is 5.32 Å². The van der Waals surface area contributed by atoms with E-state index in [1.54, 1.807) is 0 Å². The van der Waals surface area contributed by atoms with Crippen molar-refractivity contribution in [2.75, 3.05) is 11.1 Å². The van der Waals surface area contributed by atoms with E-state index in [1.165, 1.54) is 11.8 Å². The number of hydrogen-bond acceptors (Lipinski definition) is 5. The van der Waals surface area contributed by atoms with Gasteiger partial charge in [-0.2, -0.15) is 0 Å². The molecule has 0 saturated carbocycles. The Hall–Kier alpha value is -3.19. The Morgan fingerprint density at radius 2 is 1.87 bits per heavy atom. The first-order valence-corrected chi connectivity index (χ1v) is 10.8. The number of para-hydroxylation sites is 1. The van der Waals surface area contributed by atoms with Crippen LogP contribution in [-0.4, -0.2) is 31.4 Å². The van der Waals surface area contributed by atoms with Gasteiger partial charge in [0.25, 0.3) is 0 Å². The Bertz CT molecular complexity index is 1220. The van der Waals surface area contributed by atoms with Gasteiger partial charge in [-0.3, -0.25) is 9.78 Å². The van der Waals surface area contributed by atoms with Crippen LogP contribution in [0.25, 0.3) is 22.3 Å². The molecule has 0 unspecified atom stereocenters. The third-order valence-electron chi connectivity index (χ3n) is 4.88. The molecule has 0 bridgehead atoms. The van der Waals surface area contributed by atoms with Crippen molar-refractivity contribution in [3.05, 3.63) is 65.9 Å². The molecule has 1 N–H and O–H groups in total. The topological polar surface area (TPSA) is 72.7 Å². The number of carbonyl (C=O) groups excluding carboxylic acids is 1. The standard InChI is InChI=1S/C23H23N5OS/c1-4-28-22(18-10-6-5-8-15(18)2)26-27-23(28)30-14-20(29)25-19-11-7-9-17-13-12-16(3)24-21(17)19/h5-13H,4,14H2,1-3H3,(H,25,29). The highest BCUT2D eigenvalue weighted by Crippen LogP contribution is 2.27. The molecule has 2 aromatic carbocycles. The molecule has 1 amide bonds. The number of pyridine rings is 1. The number of aryl methyl sites for hydroxylation is 2. The molecular weight excluding hydrogens is 394 g/mol. The van der Waals surface area contributed by atoms with Gasteiger partial charge in [-0.25, -0.2) is 0 Å². The molecule has 152 valence electrons. The summed E-state index contributed by atoms with van der Waals surface area (Å²) in [5, 5.41) is 13.4. The first kappa shape index (κ1) is 20.1. The number of fused-ring (bicyclic) bond motifs is 1. The average molecular weight is 418 g/mol. The molecule has 30 heavy (non-hydrogen) atoms. The van der Waals surface area contributed by atoms with Gasteiger partial charge in [0, 0.05) is 23.2 Å². The van der Waals surface area contributed by atoms with E-state index < -0.39 is 0 Å². The second kappa shape index (κ2) is 8.67. The number of benzene rings is 2. The van der Waals surface area contributed by atoms with E-state index in [-0.39, 0.29) is 11.7 Å². The third kappa shape index (κ3) is 4.07. The maximum atomic E-state index is 12.6. The molecule has 6 nitrogen and oxygen atoms in total. The number of nitrogens with zero attached hydrogens (tertiary/aromatic N) is 4. The molecule has 2 heterocycles. The van der Waals surface area contributed by atoms with E-state index in [9.17, 15) is 4.79 Å². The summed E-state index contributed by atoms with van der Waals surface area (Å²) in [4.78, 5) is 17.2. The number of anilines is 1. The monoisotopic (exact) mass is 417 g/mol. The van der Waals surface area contributed by atoms with Gasteiger partial charge in [-0.05, 0) is 38.5 Å². The van der Waals surface area contributed by atoms with E-state index in [1.807, 2.05) is 60.0 Å². The molecule has 0 atom stereocenters. The van der Waals surface area contributed by atoms with Crippen LogP contribution >= 0.6 is 11.8 Å². The fourth-order valence-electron chi connectivity index (χ4n) is 3.37. The summed E-state index contributed by atoms with van der Waals surface area (Å²) in [6.45, 7) is 6.79. The van der Waals surface area contributed by atoms with Crippen molar-refractivity contribution in [2.45, 2.75) is 32.5 Å². The Morgan fingerprint density at radius 3 is 2.67 bits per heavy atom. The summed E-state index contributed by atoms with van der Waals surface area (Å²) in [7, 11) is 0. The van der Waals surface area contributed by atoms with Crippen LogP contribution in [-0.2, 0) is 11.3 Å². The van der Waals surface area contributed by atoms with Crippen molar-refractivity contribution in [3.63, 3.8) is 0 Å². The minimum absolute atomic E-state index is 0.0982. The maximum Gasteiger partial charge on any atom is 0.234 e. The number of hydrogen-bond donors (Lipinski definition) is 1. The number of carbonyl (C=O) groups is 1.